The molecule has 25 heavy (non-hydrogen) atoms. The molecule has 0 saturated carbocycles. The van der Waals surface area contributed by atoms with E-state index >= 15 is 0 Å². The lowest BCUT2D eigenvalue weighted by atomic mass is 10.2. The summed E-state index contributed by atoms with van der Waals surface area (Å²) >= 11 is 0. The number of likely N-dealkylation sites (tertiary alicyclic amines) is 1. The van der Waals surface area contributed by atoms with Crippen molar-refractivity contribution in [3.8, 4) is 5.75 Å². The van der Waals surface area contributed by atoms with Crippen LogP contribution >= 0.6 is 24.0 Å². The molecule has 1 aliphatic heterocycles. The van der Waals surface area contributed by atoms with Crippen LogP contribution in [0.25, 0.3) is 0 Å². The van der Waals surface area contributed by atoms with E-state index < -0.39 is 0 Å². The number of rotatable bonds is 9. The number of halogens is 1. The van der Waals surface area contributed by atoms with Gasteiger partial charge >= 0.3 is 0 Å². The summed E-state index contributed by atoms with van der Waals surface area (Å²) in [4.78, 5) is 7.18. The predicted octanol–water partition coefficient (Wildman–Crippen LogP) is 3.03. The lowest BCUT2D eigenvalue weighted by Gasteiger charge is -2.14. The van der Waals surface area contributed by atoms with Gasteiger partial charge in [-0.25, -0.2) is 0 Å². The number of benzene rings is 1. The second kappa shape index (κ2) is 13.2. The van der Waals surface area contributed by atoms with Crippen molar-refractivity contribution < 1.29 is 4.74 Å². The molecule has 0 radical (unpaired) electrons. The quantitative estimate of drug-likeness (QED) is 0.258. The molecule has 1 fully saturated rings. The van der Waals surface area contributed by atoms with Gasteiger partial charge in [-0.2, -0.15) is 0 Å². The fourth-order valence-electron chi connectivity index (χ4n) is 2.81. The molecule has 6 heteroatoms. The molecule has 2 N–H and O–H groups in total. The van der Waals surface area contributed by atoms with E-state index in [1.165, 1.54) is 38.0 Å². The summed E-state index contributed by atoms with van der Waals surface area (Å²) in [5.41, 5.74) is 1.25. The fraction of sp³-hybridized carbons (Fsp3) is 0.632. The van der Waals surface area contributed by atoms with Gasteiger partial charge in [-0.3, -0.25) is 4.99 Å². The minimum Gasteiger partial charge on any atom is -0.492 e. The Kier molecular flexibility index (Phi) is 11.6. The molecule has 1 aliphatic rings. The van der Waals surface area contributed by atoms with Gasteiger partial charge in [-0.1, -0.05) is 17.7 Å². The second-order valence-electron chi connectivity index (χ2n) is 6.25. The summed E-state index contributed by atoms with van der Waals surface area (Å²) in [6.45, 7) is 11.0. The Morgan fingerprint density at radius 3 is 2.56 bits per heavy atom. The van der Waals surface area contributed by atoms with E-state index in [4.69, 9.17) is 4.74 Å². The minimum absolute atomic E-state index is 0. The second-order valence-corrected chi connectivity index (χ2v) is 6.25. The van der Waals surface area contributed by atoms with Crippen LogP contribution < -0.4 is 15.4 Å². The highest BCUT2D eigenvalue weighted by Crippen LogP contribution is 2.10. The molecule has 2 rings (SSSR count). The van der Waals surface area contributed by atoms with Crippen molar-refractivity contribution in [3.63, 3.8) is 0 Å². The Labute approximate surface area is 169 Å². The lowest BCUT2D eigenvalue weighted by Crippen LogP contribution is -2.39. The first-order valence-corrected chi connectivity index (χ1v) is 9.22. The molecule has 0 atom stereocenters. The number of hydrogen-bond acceptors (Lipinski definition) is 3. The minimum atomic E-state index is 0. The highest BCUT2D eigenvalue weighted by molar-refractivity contribution is 14.0. The van der Waals surface area contributed by atoms with Crippen LogP contribution in [0.1, 0.15) is 31.7 Å². The van der Waals surface area contributed by atoms with Crippen LogP contribution in [0.5, 0.6) is 5.75 Å². The first kappa shape index (κ1) is 22.0. The van der Waals surface area contributed by atoms with E-state index in [1.54, 1.807) is 0 Å². The number of aryl methyl sites for hydroxylation is 1. The van der Waals surface area contributed by atoms with Gasteiger partial charge in [0, 0.05) is 13.1 Å². The maximum atomic E-state index is 5.73. The zero-order valence-corrected chi connectivity index (χ0v) is 17.9. The number of nitrogens with one attached hydrogen (secondary N) is 2. The largest absolute Gasteiger partial charge is 0.492 e. The van der Waals surface area contributed by atoms with E-state index in [-0.39, 0.29) is 24.0 Å². The highest BCUT2D eigenvalue weighted by Gasteiger charge is 2.09. The van der Waals surface area contributed by atoms with Crippen LogP contribution in [0.15, 0.2) is 29.3 Å². The molecule has 0 unspecified atom stereocenters. The Morgan fingerprint density at radius 2 is 1.88 bits per heavy atom. The maximum absolute atomic E-state index is 5.73. The first-order chi connectivity index (χ1) is 11.8. The lowest BCUT2D eigenvalue weighted by molar-refractivity contribution is 0.321. The summed E-state index contributed by atoms with van der Waals surface area (Å²) in [7, 11) is 0. The maximum Gasteiger partial charge on any atom is 0.191 e. The van der Waals surface area contributed by atoms with Crippen molar-refractivity contribution >= 4 is 29.9 Å². The van der Waals surface area contributed by atoms with Gasteiger partial charge < -0.3 is 20.3 Å². The van der Waals surface area contributed by atoms with Crippen molar-refractivity contribution in [1.29, 1.82) is 0 Å². The van der Waals surface area contributed by atoms with Gasteiger partial charge in [0.15, 0.2) is 5.96 Å². The molecule has 0 aromatic heterocycles. The van der Waals surface area contributed by atoms with Gasteiger partial charge in [-0.15, -0.1) is 24.0 Å². The van der Waals surface area contributed by atoms with E-state index in [1.807, 2.05) is 12.1 Å². The predicted molar refractivity (Wildman–Crippen MR) is 116 cm³/mol. The number of aliphatic imine (C=N–C) groups is 1. The third-order valence-corrected chi connectivity index (χ3v) is 4.13. The Balaban J connectivity index is 0.00000312. The van der Waals surface area contributed by atoms with Crippen LogP contribution in [0.2, 0.25) is 0 Å². The average Bonchev–Trinajstić information content (AvgIpc) is 3.10. The molecule has 5 nitrogen and oxygen atoms in total. The van der Waals surface area contributed by atoms with Gasteiger partial charge in [0.1, 0.15) is 12.4 Å². The standard InChI is InChI=1S/C19H32N4O.HI/c1-3-20-19(21-11-6-15-23-13-4-5-14-23)22-12-16-24-18-9-7-17(2)8-10-18;/h7-10H,3-6,11-16H2,1-2H3,(H2,20,21,22);1H. The summed E-state index contributed by atoms with van der Waals surface area (Å²) in [5.74, 6) is 1.79. The van der Waals surface area contributed by atoms with Gasteiger partial charge in [-0.05, 0) is 64.9 Å². The summed E-state index contributed by atoms with van der Waals surface area (Å²) in [5, 5.41) is 6.62. The molecular formula is C19H33IN4O. The topological polar surface area (TPSA) is 48.9 Å². The van der Waals surface area contributed by atoms with Gasteiger partial charge in [0.25, 0.3) is 0 Å². The number of ether oxygens (including phenoxy) is 1. The molecule has 0 aliphatic carbocycles. The molecule has 1 aromatic rings. The SMILES string of the molecule is CCNC(=NCCCN1CCCC1)NCCOc1ccc(C)cc1.I. The molecule has 0 amide bonds. The molecule has 0 spiro atoms. The number of hydrogen-bond donors (Lipinski definition) is 2. The molecular weight excluding hydrogens is 427 g/mol. The van der Waals surface area contributed by atoms with Crippen molar-refractivity contribution in [2.45, 2.75) is 33.1 Å². The smallest absolute Gasteiger partial charge is 0.191 e. The fourth-order valence-corrected chi connectivity index (χ4v) is 2.81. The first-order valence-electron chi connectivity index (χ1n) is 9.22. The molecule has 0 bridgehead atoms. The van der Waals surface area contributed by atoms with Crippen LogP contribution in [-0.2, 0) is 0 Å². The van der Waals surface area contributed by atoms with Gasteiger partial charge in [0.2, 0.25) is 0 Å². The Hall–Kier alpha value is -1.02. The van der Waals surface area contributed by atoms with E-state index in [2.05, 4.69) is 46.5 Å². The van der Waals surface area contributed by atoms with E-state index in [0.29, 0.717) is 6.61 Å². The zero-order chi connectivity index (χ0) is 17.0. The van der Waals surface area contributed by atoms with E-state index in [0.717, 1.165) is 37.8 Å². The van der Waals surface area contributed by atoms with Crippen LogP contribution in [-0.4, -0.2) is 56.7 Å². The summed E-state index contributed by atoms with van der Waals surface area (Å²) in [6.07, 6.45) is 3.83. The molecule has 1 saturated heterocycles. The average molecular weight is 460 g/mol. The number of nitrogens with zero attached hydrogens (tertiary/aromatic N) is 2. The van der Waals surface area contributed by atoms with Crippen molar-refractivity contribution in [2.75, 3.05) is 45.9 Å². The summed E-state index contributed by atoms with van der Waals surface area (Å²) < 4.78 is 5.73. The Bertz CT molecular complexity index is 487. The zero-order valence-electron chi connectivity index (χ0n) is 15.6. The van der Waals surface area contributed by atoms with Crippen molar-refractivity contribution in [2.24, 2.45) is 4.99 Å². The monoisotopic (exact) mass is 460 g/mol. The molecule has 1 heterocycles. The Morgan fingerprint density at radius 1 is 1.16 bits per heavy atom. The van der Waals surface area contributed by atoms with Crippen molar-refractivity contribution in [3.05, 3.63) is 29.8 Å². The van der Waals surface area contributed by atoms with Crippen LogP contribution in [0.3, 0.4) is 0 Å². The van der Waals surface area contributed by atoms with Crippen molar-refractivity contribution in [1.82, 2.24) is 15.5 Å². The molecule has 142 valence electrons. The third-order valence-electron chi connectivity index (χ3n) is 4.13. The van der Waals surface area contributed by atoms with Crippen LogP contribution in [0, 0.1) is 6.92 Å². The van der Waals surface area contributed by atoms with Crippen LogP contribution in [0.4, 0.5) is 0 Å². The normalized spacial score (nSPS) is 14.9. The van der Waals surface area contributed by atoms with Gasteiger partial charge in [0.05, 0.1) is 6.54 Å². The summed E-state index contributed by atoms with van der Waals surface area (Å²) in [6, 6.07) is 8.14. The highest BCUT2D eigenvalue weighted by atomic mass is 127. The third kappa shape index (κ3) is 9.30. The molecule has 1 aromatic carbocycles. The van der Waals surface area contributed by atoms with E-state index in [9.17, 15) is 0 Å². The number of guanidine groups is 1.